The summed E-state index contributed by atoms with van der Waals surface area (Å²) in [5, 5.41) is 0. The Morgan fingerprint density at radius 2 is 2.12 bits per heavy atom. The minimum absolute atomic E-state index is 0.0430. The van der Waals surface area contributed by atoms with Gasteiger partial charge in [0.1, 0.15) is 11.6 Å². The lowest BCUT2D eigenvalue weighted by atomic mass is 10.1. The number of aromatic nitrogens is 2. The first-order valence-electron chi connectivity index (χ1n) is 5.05. The van der Waals surface area contributed by atoms with Crippen LogP contribution < -0.4 is 0 Å². The van der Waals surface area contributed by atoms with Crippen molar-refractivity contribution >= 4 is 22.6 Å². The molecule has 0 unspecified atom stereocenters. The van der Waals surface area contributed by atoms with E-state index in [1.807, 2.05) is 6.92 Å². The van der Waals surface area contributed by atoms with Crippen LogP contribution in [0.15, 0.2) is 18.2 Å². The highest BCUT2D eigenvalue weighted by Gasteiger charge is 2.10. The predicted octanol–water partition coefficient (Wildman–Crippen LogP) is 2.03. The molecule has 4 nitrogen and oxygen atoms in total. The summed E-state index contributed by atoms with van der Waals surface area (Å²) in [4.78, 5) is 29.8. The van der Waals surface area contributed by atoms with Crippen molar-refractivity contribution in [3.63, 3.8) is 0 Å². The second-order valence-electron chi connectivity index (χ2n) is 3.86. The van der Waals surface area contributed by atoms with E-state index < -0.39 is 0 Å². The Kier molecular flexibility index (Phi) is 2.56. The highest BCUT2D eigenvalue weighted by atomic mass is 16.1. The molecule has 0 amide bonds. The topological polar surface area (TPSA) is 62.8 Å². The number of aryl methyl sites for hydroxylation is 1. The van der Waals surface area contributed by atoms with E-state index in [1.54, 1.807) is 18.2 Å². The molecule has 2 aromatic rings. The molecular weight excluding hydrogens is 204 g/mol. The van der Waals surface area contributed by atoms with Crippen LogP contribution in [-0.4, -0.2) is 21.5 Å². The molecule has 0 saturated carbocycles. The summed E-state index contributed by atoms with van der Waals surface area (Å²) < 4.78 is 0. The van der Waals surface area contributed by atoms with Crippen LogP contribution in [0.1, 0.15) is 29.5 Å². The minimum Gasteiger partial charge on any atom is -0.342 e. The SMILES string of the molecule is CC(=O)CC(=O)c1ccc2nc(C)[nH]c2c1. The van der Waals surface area contributed by atoms with Crippen molar-refractivity contribution in [3.8, 4) is 0 Å². The number of imidazole rings is 1. The van der Waals surface area contributed by atoms with Gasteiger partial charge in [0.15, 0.2) is 5.78 Å². The fraction of sp³-hybridized carbons (Fsp3) is 0.250. The summed E-state index contributed by atoms with van der Waals surface area (Å²) in [5.41, 5.74) is 2.20. The second kappa shape index (κ2) is 3.89. The number of benzene rings is 1. The number of hydrogen-bond donors (Lipinski definition) is 1. The van der Waals surface area contributed by atoms with E-state index in [2.05, 4.69) is 9.97 Å². The standard InChI is InChI=1S/C12H12N2O2/c1-7(15)5-12(16)9-3-4-10-11(6-9)14-8(2)13-10/h3-4,6H,5H2,1-2H3,(H,13,14). The molecule has 0 radical (unpaired) electrons. The molecule has 0 aliphatic carbocycles. The van der Waals surface area contributed by atoms with Crippen LogP contribution in [-0.2, 0) is 4.79 Å². The molecule has 1 aromatic heterocycles. The van der Waals surface area contributed by atoms with Crippen molar-refractivity contribution in [2.24, 2.45) is 0 Å². The summed E-state index contributed by atoms with van der Waals surface area (Å²) >= 11 is 0. The van der Waals surface area contributed by atoms with Crippen LogP contribution in [0.25, 0.3) is 11.0 Å². The number of aromatic amines is 1. The molecule has 0 saturated heterocycles. The summed E-state index contributed by atoms with van der Waals surface area (Å²) in [6.45, 7) is 3.27. The Hall–Kier alpha value is -1.97. The lowest BCUT2D eigenvalue weighted by Gasteiger charge is -1.98. The Morgan fingerprint density at radius 1 is 1.38 bits per heavy atom. The molecule has 1 N–H and O–H groups in total. The third-order valence-electron chi connectivity index (χ3n) is 2.33. The molecule has 2 rings (SSSR count). The van der Waals surface area contributed by atoms with E-state index in [4.69, 9.17) is 0 Å². The van der Waals surface area contributed by atoms with Gasteiger partial charge in [-0.1, -0.05) is 0 Å². The van der Waals surface area contributed by atoms with Crippen LogP contribution in [0, 0.1) is 6.92 Å². The summed E-state index contributed by atoms with van der Waals surface area (Å²) in [6, 6.07) is 5.22. The maximum Gasteiger partial charge on any atom is 0.170 e. The van der Waals surface area contributed by atoms with Gasteiger partial charge in [0.2, 0.25) is 0 Å². The van der Waals surface area contributed by atoms with Crippen LogP contribution in [0.2, 0.25) is 0 Å². The number of rotatable bonds is 3. The third kappa shape index (κ3) is 2.00. The van der Waals surface area contributed by atoms with Gasteiger partial charge in [0.05, 0.1) is 17.5 Å². The van der Waals surface area contributed by atoms with Gasteiger partial charge in [-0.25, -0.2) is 4.98 Å². The zero-order chi connectivity index (χ0) is 11.7. The molecule has 4 heteroatoms. The van der Waals surface area contributed by atoms with E-state index >= 15 is 0 Å². The summed E-state index contributed by atoms with van der Waals surface area (Å²) in [7, 11) is 0. The van der Waals surface area contributed by atoms with Crippen molar-refractivity contribution in [2.45, 2.75) is 20.3 Å². The molecule has 0 aliphatic heterocycles. The quantitative estimate of drug-likeness (QED) is 0.630. The average Bonchev–Trinajstić information content (AvgIpc) is 2.55. The van der Waals surface area contributed by atoms with Gasteiger partial charge in [-0.2, -0.15) is 0 Å². The molecule has 0 atom stereocenters. The number of nitrogens with zero attached hydrogens (tertiary/aromatic N) is 1. The van der Waals surface area contributed by atoms with Gasteiger partial charge >= 0.3 is 0 Å². The van der Waals surface area contributed by atoms with Crippen molar-refractivity contribution < 1.29 is 9.59 Å². The van der Waals surface area contributed by atoms with Crippen LogP contribution in [0.3, 0.4) is 0 Å². The Bertz CT molecular complexity index is 569. The van der Waals surface area contributed by atoms with Gasteiger partial charge in [-0.3, -0.25) is 9.59 Å². The van der Waals surface area contributed by atoms with E-state index in [1.165, 1.54) is 6.92 Å². The molecule has 16 heavy (non-hydrogen) atoms. The molecule has 1 aromatic carbocycles. The number of ketones is 2. The highest BCUT2D eigenvalue weighted by molar-refractivity contribution is 6.08. The largest absolute Gasteiger partial charge is 0.342 e. The van der Waals surface area contributed by atoms with Gasteiger partial charge in [-0.15, -0.1) is 0 Å². The molecule has 0 spiro atoms. The molecule has 0 bridgehead atoms. The van der Waals surface area contributed by atoms with Crippen LogP contribution in [0.5, 0.6) is 0 Å². The molecule has 1 heterocycles. The first kappa shape index (κ1) is 10.5. The average molecular weight is 216 g/mol. The van der Waals surface area contributed by atoms with Crippen molar-refractivity contribution in [3.05, 3.63) is 29.6 Å². The fourth-order valence-corrected chi connectivity index (χ4v) is 1.64. The predicted molar refractivity (Wildman–Crippen MR) is 60.5 cm³/mol. The Morgan fingerprint density at radius 3 is 2.81 bits per heavy atom. The van der Waals surface area contributed by atoms with Gasteiger partial charge < -0.3 is 4.98 Å². The van der Waals surface area contributed by atoms with E-state index in [0.29, 0.717) is 5.56 Å². The first-order valence-corrected chi connectivity index (χ1v) is 5.05. The van der Waals surface area contributed by atoms with E-state index in [0.717, 1.165) is 16.9 Å². The monoisotopic (exact) mass is 216 g/mol. The number of Topliss-reactive ketones (excluding diaryl/α,β-unsaturated/α-hetero) is 2. The number of nitrogens with one attached hydrogen (secondary N) is 1. The molecular formula is C12H12N2O2. The van der Waals surface area contributed by atoms with Crippen LogP contribution >= 0.6 is 0 Å². The Labute approximate surface area is 92.7 Å². The number of fused-ring (bicyclic) bond motifs is 1. The Balaban J connectivity index is 2.38. The smallest absolute Gasteiger partial charge is 0.170 e. The number of hydrogen-bond acceptors (Lipinski definition) is 3. The zero-order valence-corrected chi connectivity index (χ0v) is 9.20. The van der Waals surface area contributed by atoms with Crippen molar-refractivity contribution in [1.29, 1.82) is 0 Å². The zero-order valence-electron chi connectivity index (χ0n) is 9.20. The summed E-state index contributed by atoms with van der Waals surface area (Å²) in [6.07, 6.45) is -0.0430. The summed E-state index contributed by atoms with van der Waals surface area (Å²) in [5.74, 6) is 0.540. The van der Waals surface area contributed by atoms with E-state index in [9.17, 15) is 9.59 Å². The van der Waals surface area contributed by atoms with Crippen molar-refractivity contribution in [2.75, 3.05) is 0 Å². The van der Waals surface area contributed by atoms with E-state index in [-0.39, 0.29) is 18.0 Å². The molecule has 82 valence electrons. The second-order valence-corrected chi connectivity index (χ2v) is 3.86. The lowest BCUT2D eigenvalue weighted by Crippen LogP contribution is -2.04. The van der Waals surface area contributed by atoms with Gasteiger partial charge in [0, 0.05) is 5.56 Å². The number of H-pyrrole nitrogens is 1. The van der Waals surface area contributed by atoms with Gasteiger partial charge in [0.25, 0.3) is 0 Å². The molecule has 0 aliphatic rings. The lowest BCUT2D eigenvalue weighted by molar-refractivity contribution is -0.116. The number of carbonyl (C=O) groups is 2. The number of carbonyl (C=O) groups excluding carboxylic acids is 2. The first-order chi connectivity index (χ1) is 7.56. The third-order valence-corrected chi connectivity index (χ3v) is 2.33. The normalized spacial score (nSPS) is 10.6. The maximum absolute atomic E-state index is 11.7. The highest BCUT2D eigenvalue weighted by Crippen LogP contribution is 2.14. The molecule has 0 fully saturated rings. The van der Waals surface area contributed by atoms with Crippen LogP contribution in [0.4, 0.5) is 0 Å². The van der Waals surface area contributed by atoms with Gasteiger partial charge in [-0.05, 0) is 32.0 Å². The van der Waals surface area contributed by atoms with Crippen molar-refractivity contribution in [1.82, 2.24) is 9.97 Å². The minimum atomic E-state index is -0.151. The maximum atomic E-state index is 11.7. The fourth-order valence-electron chi connectivity index (χ4n) is 1.64.